The summed E-state index contributed by atoms with van der Waals surface area (Å²) >= 11 is 9.33. The van der Waals surface area contributed by atoms with Gasteiger partial charge >= 0.3 is 5.97 Å². The van der Waals surface area contributed by atoms with E-state index in [1.54, 1.807) is 30.3 Å². The largest absolute Gasteiger partial charge is 0.481 e. The van der Waals surface area contributed by atoms with E-state index in [4.69, 9.17) is 21.4 Å². The smallest absolute Gasteiger partial charge is 0.307 e. The zero-order valence-electron chi connectivity index (χ0n) is 16.7. The first-order valence-corrected chi connectivity index (χ1v) is 12.1. The number of hydrogen-bond donors (Lipinski definition) is 2. The van der Waals surface area contributed by atoms with Gasteiger partial charge in [-0.25, -0.2) is 8.42 Å². The number of carboxylic acids is 1. The highest BCUT2D eigenvalue weighted by Crippen LogP contribution is 2.37. The van der Waals surface area contributed by atoms with Crippen molar-refractivity contribution in [3.8, 4) is 11.5 Å². The fourth-order valence-electron chi connectivity index (χ4n) is 3.43. The molecule has 4 rings (SSSR count). The van der Waals surface area contributed by atoms with Crippen LogP contribution in [-0.4, -0.2) is 24.5 Å². The number of halogens is 2. The van der Waals surface area contributed by atoms with E-state index in [2.05, 4.69) is 20.9 Å². The van der Waals surface area contributed by atoms with Crippen LogP contribution in [0.5, 0.6) is 11.5 Å². The molecule has 3 aromatic carbocycles. The van der Waals surface area contributed by atoms with Gasteiger partial charge < -0.3 is 14.8 Å². The van der Waals surface area contributed by atoms with Crippen molar-refractivity contribution in [2.75, 3.05) is 0 Å². The van der Waals surface area contributed by atoms with Crippen LogP contribution >= 0.6 is 27.5 Å². The maximum Gasteiger partial charge on any atom is 0.307 e. The van der Waals surface area contributed by atoms with Crippen LogP contribution < -0.4 is 4.74 Å². The summed E-state index contributed by atoms with van der Waals surface area (Å²) in [6.45, 7) is 1.82. The third kappa shape index (κ3) is 4.39. The molecule has 0 aliphatic carbocycles. The van der Waals surface area contributed by atoms with Crippen molar-refractivity contribution in [3.05, 3.63) is 81.4 Å². The molecule has 0 aliphatic rings. The Balaban J connectivity index is 1.72. The molecule has 1 aromatic heterocycles. The first-order chi connectivity index (χ1) is 15.1. The number of carbonyl (C=O) groups is 1. The summed E-state index contributed by atoms with van der Waals surface area (Å²) in [7, 11) is -3.77. The Hall–Kier alpha value is -2.81. The number of H-pyrrole nitrogens is 1. The van der Waals surface area contributed by atoms with Crippen LogP contribution in [0.3, 0.4) is 0 Å². The number of aliphatic carboxylic acids is 1. The van der Waals surface area contributed by atoms with E-state index in [1.165, 1.54) is 30.5 Å². The first kappa shape index (κ1) is 22.4. The fraction of sp³-hybridized carbons (Fsp3) is 0.0870. The average Bonchev–Trinajstić information content (AvgIpc) is 3.15. The van der Waals surface area contributed by atoms with Crippen LogP contribution in [-0.2, 0) is 21.1 Å². The molecule has 2 N–H and O–H groups in total. The minimum Gasteiger partial charge on any atom is -0.481 e. The molecule has 0 saturated heterocycles. The number of ether oxygens (including phenoxy) is 1. The second-order valence-corrected chi connectivity index (χ2v) is 10.4. The molecule has 0 bridgehead atoms. The van der Waals surface area contributed by atoms with E-state index in [1.807, 2.05) is 6.92 Å². The highest BCUT2D eigenvalue weighted by Gasteiger charge is 2.22. The zero-order valence-corrected chi connectivity index (χ0v) is 19.9. The van der Waals surface area contributed by atoms with Gasteiger partial charge in [0.2, 0.25) is 9.84 Å². The number of sulfone groups is 1. The van der Waals surface area contributed by atoms with E-state index < -0.39 is 15.8 Å². The van der Waals surface area contributed by atoms with Gasteiger partial charge in [0.1, 0.15) is 11.5 Å². The first-order valence-electron chi connectivity index (χ1n) is 9.45. The summed E-state index contributed by atoms with van der Waals surface area (Å²) in [6, 6.07) is 14.6. The molecule has 0 fully saturated rings. The van der Waals surface area contributed by atoms with Gasteiger partial charge in [-0.3, -0.25) is 4.79 Å². The molecule has 0 spiro atoms. The van der Waals surface area contributed by atoms with Gasteiger partial charge in [-0.05, 0) is 82.5 Å². The van der Waals surface area contributed by atoms with Crippen LogP contribution in [0, 0.1) is 6.92 Å². The summed E-state index contributed by atoms with van der Waals surface area (Å²) in [5, 5.41) is 9.96. The van der Waals surface area contributed by atoms with Gasteiger partial charge in [-0.2, -0.15) is 0 Å². The Morgan fingerprint density at radius 1 is 1.12 bits per heavy atom. The SMILES string of the molecule is Cc1cc(CC(=O)O)cc(Br)c1Oc1ccc2[nH]cc(S(=O)(=O)c3ccc(Cl)cc3)c2c1. The van der Waals surface area contributed by atoms with E-state index in [0.29, 0.717) is 37.5 Å². The highest BCUT2D eigenvalue weighted by atomic mass is 79.9. The third-order valence-corrected chi connectivity index (χ3v) is 7.54. The van der Waals surface area contributed by atoms with E-state index in [0.717, 1.165) is 5.56 Å². The predicted molar refractivity (Wildman–Crippen MR) is 125 cm³/mol. The van der Waals surface area contributed by atoms with Crippen molar-refractivity contribution in [2.24, 2.45) is 0 Å². The maximum atomic E-state index is 13.2. The third-order valence-electron chi connectivity index (χ3n) is 4.89. The summed E-state index contributed by atoms with van der Waals surface area (Å²) in [5.74, 6) is 0.0490. The Kier molecular flexibility index (Phi) is 6.03. The number of nitrogens with one attached hydrogen (secondary N) is 1. The maximum absolute atomic E-state index is 13.2. The highest BCUT2D eigenvalue weighted by molar-refractivity contribution is 9.10. The van der Waals surface area contributed by atoms with E-state index >= 15 is 0 Å². The number of benzene rings is 3. The Morgan fingerprint density at radius 2 is 1.84 bits per heavy atom. The number of aryl methyl sites for hydroxylation is 1. The summed E-state index contributed by atoms with van der Waals surface area (Å²) in [4.78, 5) is 14.3. The molecule has 9 heteroatoms. The van der Waals surface area contributed by atoms with Crippen LogP contribution in [0.2, 0.25) is 5.02 Å². The molecule has 0 radical (unpaired) electrons. The molecule has 164 valence electrons. The van der Waals surface area contributed by atoms with Crippen LogP contribution in [0.4, 0.5) is 0 Å². The average molecular weight is 535 g/mol. The molecular weight excluding hydrogens is 518 g/mol. The van der Waals surface area contributed by atoms with Crippen molar-refractivity contribution in [1.82, 2.24) is 4.98 Å². The molecule has 0 unspecified atom stereocenters. The lowest BCUT2D eigenvalue weighted by atomic mass is 10.1. The number of aromatic nitrogens is 1. The van der Waals surface area contributed by atoms with Gasteiger partial charge in [-0.1, -0.05) is 17.7 Å². The molecule has 6 nitrogen and oxygen atoms in total. The summed E-state index contributed by atoms with van der Waals surface area (Å²) < 4.78 is 33.0. The topological polar surface area (TPSA) is 96.5 Å². The molecule has 0 saturated carbocycles. The van der Waals surface area contributed by atoms with E-state index in [-0.39, 0.29) is 16.2 Å². The standard InChI is InChI=1S/C23H17BrClNO5S/c1-13-8-14(10-22(27)28)9-19(24)23(13)31-16-4-7-20-18(11-16)21(12-26-20)32(29,30)17-5-2-15(25)3-6-17/h2-9,11-12,26H,10H2,1H3,(H,27,28). The normalized spacial score (nSPS) is 11.6. The molecule has 4 aromatic rings. The minimum atomic E-state index is -3.77. The van der Waals surface area contributed by atoms with Gasteiger partial charge in [0.15, 0.2) is 0 Å². The minimum absolute atomic E-state index is 0.0963. The molecule has 1 heterocycles. The Bertz CT molecular complexity index is 1420. The Morgan fingerprint density at radius 3 is 2.50 bits per heavy atom. The Labute approximate surface area is 197 Å². The monoisotopic (exact) mass is 533 g/mol. The number of aromatic amines is 1. The lowest BCUT2D eigenvalue weighted by Gasteiger charge is -2.13. The zero-order chi connectivity index (χ0) is 23.0. The van der Waals surface area contributed by atoms with Crippen LogP contribution in [0.1, 0.15) is 11.1 Å². The van der Waals surface area contributed by atoms with Crippen molar-refractivity contribution >= 4 is 54.2 Å². The van der Waals surface area contributed by atoms with Gasteiger partial charge in [-0.15, -0.1) is 0 Å². The quantitative estimate of drug-likeness (QED) is 0.309. The van der Waals surface area contributed by atoms with Gasteiger partial charge in [0.05, 0.1) is 20.7 Å². The molecule has 0 atom stereocenters. The number of hydrogen-bond acceptors (Lipinski definition) is 4. The van der Waals surface area contributed by atoms with Crippen molar-refractivity contribution in [1.29, 1.82) is 0 Å². The number of rotatable bonds is 6. The second kappa shape index (κ2) is 8.61. The molecule has 0 aliphatic heterocycles. The van der Waals surface area contributed by atoms with Crippen molar-refractivity contribution < 1.29 is 23.1 Å². The van der Waals surface area contributed by atoms with Crippen LogP contribution in [0.25, 0.3) is 10.9 Å². The summed E-state index contributed by atoms with van der Waals surface area (Å²) in [6.07, 6.45) is 1.36. The lowest BCUT2D eigenvalue weighted by Crippen LogP contribution is -2.01. The number of carboxylic acid groups (broad SMARTS) is 1. The van der Waals surface area contributed by atoms with Gasteiger partial charge in [0.25, 0.3) is 0 Å². The lowest BCUT2D eigenvalue weighted by molar-refractivity contribution is -0.136. The summed E-state index contributed by atoms with van der Waals surface area (Å²) in [5.41, 5.74) is 2.04. The second-order valence-electron chi connectivity index (χ2n) is 7.21. The van der Waals surface area contributed by atoms with Gasteiger partial charge in [0, 0.05) is 22.1 Å². The molecule has 32 heavy (non-hydrogen) atoms. The molecule has 0 amide bonds. The van der Waals surface area contributed by atoms with Crippen molar-refractivity contribution in [3.63, 3.8) is 0 Å². The van der Waals surface area contributed by atoms with E-state index in [9.17, 15) is 13.2 Å². The molecular formula is C23H17BrClNO5S. The van der Waals surface area contributed by atoms with Crippen molar-refractivity contribution in [2.45, 2.75) is 23.1 Å². The fourth-order valence-corrected chi connectivity index (χ4v) is 5.66. The number of fused-ring (bicyclic) bond motifs is 1. The predicted octanol–water partition coefficient (Wildman–Crippen LogP) is 6.14. The van der Waals surface area contributed by atoms with Crippen LogP contribution in [0.15, 0.2) is 75.1 Å².